The van der Waals surface area contributed by atoms with Gasteiger partial charge in [-0.1, -0.05) is 30.4 Å². The third-order valence-electron chi connectivity index (χ3n) is 4.26. The highest BCUT2D eigenvalue weighted by atomic mass is 16.6. The standard InChI is InChI=1S/C16H18O3/c17-10-15(14-9-11-6-7-13(14)8-11)19-16(18)12-4-2-1-3-5-12/h1-7,11,13-15,17H,8-10H2/t11?,13?,14?,15-/m0/s1. The maximum Gasteiger partial charge on any atom is 0.338 e. The summed E-state index contributed by atoms with van der Waals surface area (Å²) in [6.07, 6.45) is 6.23. The number of ether oxygens (including phenoxy) is 1. The number of fused-ring (bicyclic) bond motifs is 2. The van der Waals surface area contributed by atoms with E-state index in [0.717, 1.165) is 12.8 Å². The smallest absolute Gasteiger partial charge is 0.338 e. The minimum Gasteiger partial charge on any atom is -0.456 e. The van der Waals surface area contributed by atoms with E-state index in [1.165, 1.54) is 0 Å². The summed E-state index contributed by atoms with van der Waals surface area (Å²) in [5.74, 6) is 1.00. The normalized spacial score (nSPS) is 29.4. The number of hydrogen-bond acceptors (Lipinski definition) is 3. The lowest BCUT2D eigenvalue weighted by atomic mass is 9.88. The van der Waals surface area contributed by atoms with Gasteiger partial charge in [0.05, 0.1) is 12.2 Å². The van der Waals surface area contributed by atoms with Gasteiger partial charge in [0.1, 0.15) is 6.10 Å². The predicted molar refractivity (Wildman–Crippen MR) is 71.6 cm³/mol. The van der Waals surface area contributed by atoms with Crippen LogP contribution in [-0.4, -0.2) is 23.8 Å². The van der Waals surface area contributed by atoms with Crippen LogP contribution < -0.4 is 0 Å². The zero-order valence-corrected chi connectivity index (χ0v) is 10.7. The van der Waals surface area contributed by atoms with Crippen molar-refractivity contribution in [3.63, 3.8) is 0 Å². The highest BCUT2D eigenvalue weighted by Gasteiger charge is 2.41. The lowest BCUT2D eigenvalue weighted by molar-refractivity contribution is -0.0117. The number of aliphatic hydroxyl groups excluding tert-OH is 1. The summed E-state index contributed by atoms with van der Waals surface area (Å²) < 4.78 is 5.50. The lowest BCUT2D eigenvalue weighted by Gasteiger charge is -2.26. The Morgan fingerprint density at radius 2 is 2.05 bits per heavy atom. The van der Waals surface area contributed by atoms with Gasteiger partial charge in [-0.25, -0.2) is 4.79 Å². The van der Waals surface area contributed by atoms with Crippen LogP contribution >= 0.6 is 0 Å². The second-order valence-electron chi connectivity index (χ2n) is 5.44. The maximum absolute atomic E-state index is 12.0. The Balaban J connectivity index is 1.67. The van der Waals surface area contributed by atoms with E-state index in [4.69, 9.17) is 4.74 Å². The van der Waals surface area contributed by atoms with Gasteiger partial charge in [0, 0.05) is 5.92 Å². The molecule has 3 nitrogen and oxygen atoms in total. The molecule has 2 bridgehead atoms. The van der Waals surface area contributed by atoms with Crippen molar-refractivity contribution in [3.05, 3.63) is 48.0 Å². The van der Waals surface area contributed by atoms with Crippen LogP contribution in [0.4, 0.5) is 0 Å². The molecule has 1 fully saturated rings. The van der Waals surface area contributed by atoms with E-state index >= 15 is 0 Å². The average Bonchev–Trinajstić information content (AvgIpc) is 3.08. The van der Waals surface area contributed by atoms with Crippen LogP contribution in [0.25, 0.3) is 0 Å². The van der Waals surface area contributed by atoms with E-state index in [1.54, 1.807) is 12.1 Å². The van der Waals surface area contributed by atoms with E-state index < -0.39 is 0 Å². The molecule has 0 radical (unpaired) electrons. The van der Waals surface area contributed by atoms with Gasteiger partial charge in [-0.05, 0) is 36.8 Å². The molecule has 0 aliphatic heterocycles. The van der Waals surface area contributed by atoms with Crippen LogP contribution in [0.1, 0.15) is 23.2 Å². The zero-order chi connectivity index (χ0) is 13.2. The molecule has 0 aromatic heterocycles. The van der Waals surface area contributed by atoms with Crippen LogP contribution in [0.5, 0.6) is 0 Å². The van der Waals surface area contributed by atoms with Crippen molar-refractivity contribution in [1.29, 1.82) is 0 Å². The fourth-order valence-electron chi connectivity index (χ4n) is 3.29. The molecule has 100 valence electrons. The second-order valence-corrected chi connectivity index (χ2v) is 5.44. The average molecular weight is 258 g/mol. The fraction of sp³-hybridized carbons (Fsp3) is 0.438. The summed E-state index contributed by atoms with van der Waals surface area (Å²) in [5.41, 5.74) is 0.541. The predicted octanol–water partition coefficient (Wildman–Crippen LogP) is 2.42. The minimum absolute atomic E-state index is 0.0969. The van der Waals surface area contributed by atoms with E-state index in [0.29, 0.717) is 17.4 Å². The van der Waals surface area contributed by atoms with Crippen molar-refractivity contribution in [3.8, 4) is 0 Å². The quantitative estimate of drug-likeness (QED) is 0.666. The third-order valence-corrected chi connectivity index (χ3v) is 4.26. The van der Waals surface area contributed by atoms with E-state index in [-0.39, 0.29) is 24.6 Å². The van der Waals surface area contributed by atoms with Gasteiger partial charge in [-0.3, -0.25) is 0 Å². The summed E-state index contributed by atoms with van der Waals surface area (Å²) >= 11 is 0. The zero-order valence-electron chi connectivity index (χ0n) is 10.7. The van der Waals surface area contributed by atoms with Crippen molar-refractivity contribution in [2.75, 3.05) is 6.61 Å². The molecule has 0 heterocycles. The molecule has 3 heteroatoms. The van der Waals surface area contributed by atoms with Gasteiger partial charge in [-0.2, -0.15) is 0 Å². The number of hydrogen-bond donors (Lipinski definition) is 1. The molecule has 2 aliphatic carbocycles. The summed E-state index contributed by atoms with van der Waals surface area (Å²) in [6, 6.07) is 8.95. The van der Waals surface area contributed by atoms with Gasteiger partial charge in [0.25, 0.3) is 0 Å². The molecule has 19 heavy (non-hydrogen) atoms. The number of aliphatic hydroxyl groups is 1. The lowest BCUT2D eigenvalue weighted by Crippen LogP contribution is -2.32. The molecule has 3 unspecified atom stereocenters. The first-order valence-corrected chi connectivity index (χ1v) is 6.83. The van der Waals surface area contributed by atoms with Gasteiger partial charge in [0.15, 0.2) is 0 Å². The highest BCUT2D eigenvalue weighted by Crippen LogP contribution is 2.45. The Hall–Kier alpha value is -1.61. The van der Waals surface area contributed by atoms with Crippen molar-refractivity contribution in [2.45, 2.75) is 18.9 Å². The minimum atomic E-state index is -0.382. The third kappa shape index (κ3) is 2.43. The molecular weight excluding hydrogens is 240 g/mol. The molecule has 1 N–H and O–H groups in total. The van der Waals surface area contributed by atoms with Gasteiger partial charge >= 0.3 is 5.97 Å². The van der Waals surface area contributed by atoms with Crippen molar-refractivity contribution < 1.29 is 14.6 Å². The van der Waals surface area contributed by atoms with E-state index in [1.807, 2.05) is 18.2 Å². The highest BCUT2D eigenvalue weighted by molar-refractivity contribution is 5.89. The topological polar surface area (TPSA) is 46.5 Å². The van der Waals surface area contributed by atoms with Crippen LogP contribution in [-0.2, 0) is 4.74 Å². The summed E-state index contributed by atoms with van der Waals surface area (Å²) in [7, 11) is 0. The Morgan fingerprint density at radius 1 is 1.26 bits per heavy atom. The Kier molecular flexibility index (Phi) is 3.38. The Morgan fingerprint density at radius 3 is 2.63 bits per heavy atom. The first-order valence-electron chi connectivity index (χ1n) is 6.83. The number of carbonyl (C=O) groups excluding carboxylic acids is 1. The fourth-order valence-corrected chi connectivity index (χ4v) is 3.29. The molecule has 1 aromatic rings. The van der Waals surface area contributed by atoms with Crippen molar-refractivity contribution in [1.82, 2.24) is 0 Å². The van der Waals surface area contributed by atoms with E-state index in [9.17, 15) is 9.90 Å². The summed E-state index contributed by atoms with van der Waals surface area (Å²) in [6.45, 7) is -0.0969. The van der Waals surface area contributed by atoms with Gasteiger partial charge in [0.2, 0.25) is 0 Å². The van der Waals surface area contributed by atoms with Crippen LogP contribution in [0.15, 0.2) is 42.5 Å². The Bertz CT molecular complexity index is 480. The number of benzene rings is 1. The first-order chi connectivity index (χ1) is 9.28. The summed E-state index contributed by atoms with van der Waals surface area (Å²) in [5, 5.41) is 9.51. The molecule has 4 atom stereocenters. The monoisotopic (exact) mass is 258 g/mol. The molecule has 0 amide bonds. The largest absolute Gasteiger partial charge is 0.456 e. The van der Waals surface area contributed by atoms with Gasteiger partial charge < -0.3 is 9.84 Å². The maximum atomic E-state index is 12.0. The van der Waals surface area contributed by atoms with Crippen LogP contribution in [0.2, 0.25) is 0 Å². The number of esters is 1. The van der Waals surface area contributed by atoms with Crippen molar-refractivity contribution >= 4 is 5.97 Å². The SMILES string of the molecule is O=C(O[C@@H](CO)C1CC2C=CC1C2)c1ccccc1. The second kappa shape index (κ2) is 5.17. The van der Waals surface area contributed by atoms with E-state index in [2.05, 4.69) is 12.2 Å². The number of carbonyl (C=O) groups is 1. The number of allylic oxidation sites excluding steroid dienone is 2. The Labute approximate surface area is 112 Å². The van der Waals surface area contributed by atoms with Crippen LogP contribution in [0, 0.1) is 17.8 Å². The molecule has 1 saturated carbocycles. The van der Waals surface area contributed by atoms with Gasteiger partial charge in [-0.15, -0.1) is 0 Å². The molecule has 3 rings (SSSR count). The molecule has 1 aromatic carbocycles. The molecule has 0 spiro atoms. The van der Waals surface area contributed by atoms with Crippen LogP contribution in [0.3, 0.4) is 0 Å². The first kappa shape index (κ1) is 12.4. The summed E-state index contributed by atoms with van der Waals surface area (Å²) in [4.78, 5) is 12.0. The van der Waals surface area contributed by atoms with Crippen molar-refractivity contribution in [2.24, 2.45) is 17.8 Å². The molecular formula is C16H18O3. The molecule has 0 saturated heterocycles. The number of rotatable bonds is 4. The molecule has 2 aliphatic rings.